The van der Waals surface area contributed by atoms with Crippen LogP contribution in [-0.2, 0) is 9.59 Å². The lowest BCUT2D eigenvalue weighted by atomic mass is 10.1. The third-order valence-corrected chi connectivity index (χ3v) is 3.50. The number of Topliss-reactive ketones (excluding diaryl/α,β-unsaturated/α-hetero) is 1. The van der Waals surface area contributed by atoms with Crippen LogP contribution >= 0.6 is 22.6 Å². The van der Waals surface area contributed by atoms with Crippen molar-refractivity contribution in [2.45, 2.75) is 12.8 Å². The summed E-state index contributed by atoms with van der Waals surface area (Å²) in [6.07, 6.45) is 0.934. The Bertz CT molecular complexity index is 451. The van der Waals surface area contributed by atoms with Crippen molar-refractivity contribution in [3.8, 4) is 5.75 Å². The van der Waals surface area contributed by atoms with E-state index < -0.39 is 0 Å². The van der Waals surface area contributed by atoms with E-state index in [2.05, 4.69) is 22.6 Å². The first-order chi connectivity index (χ1) is 8.65. The van der Waals surface area contributed by atoms with E-state index in [9.17, 15) is 9.59 Å². The predicted molar refractivity (Wildman–Crippen MR) is 75.5 cm³/mol. The zero-order valence-electron chi connectivity index (χ0n) is 9.89. The van der Waals surface area contributed by atoms with Crippen molar-refractivity contribution >= 4 is 34.3 Å². The Kier molecular flexibility index (Phi) is 4.57. The molecule has 1 aromatic rings. The molecule has 1 heterocycles. The number of amides is 1. The number of hydrogen-bond acceptors (Lipinski definition) is 3. The van der Waals surface area contributed by atoms with E-state index >= 15 is 0 Å². The molecular weight excluding hydrogens is 345 g/mol. The molecule has 0 spiro atoms. The van der Waals surface area contributed by atoms with E-state index in [1.165, 1.54) is 0 Å². The Labute approximate surface area is 119 Å². The first-order valence-electron chi connectivity index (χ1n) is 5.83. The minimum absolute atomic E-state index is 0.0360. The Hall–Kier alpha value is -1.11. The molecule has 2 rings (SSSR count). The van der Waals surface area contributed by atoms with E-state index in [0.29, 0.717) is 31.7 Å². The third kappa shape index (κ3) is 3.69. The highest BCUT2D eigenvalue weighted by Gasteiger charge is 2.20. The molecule has 1 saturated heterocycles. The van der Waals surface area contributed by atoms with Crippen molar-refractivity contribution in [1.82, 2.24) is 4.90 Å². The zero-order chi connectivity index (χ0) is 13.0. The molecule has 0 unspecified atom stereocenters. The number of piperidine rings is 1. The number of nitrogens with zero attached hydrogens (tertiary/aromatic N) is 1. The van der Waals surface area contributed by atoms with Gasteiger partial charge in [0.25, 0.3) is 5.91 Å². The van der Waals surface area contributed by atoms with Crippen molar-refractivity contribution in [2.75, 3.05) is 19.7 Å². The van der Waals surface area contributed by atoms with Gasteiger partial charge in [-0.15, -0.1) is 0 Å². The van der Waals surface area contributed by atoms with Crippen LogP contribution in [0, 0.1) is 3.57 Å². The summed E-state index contributed by atoms with van der Waals surface area (Å²) < 4.78 is 6.52. The SMILES string of the molecule is O=C1CCN(C(=O)COc2cccc(I)c2)CC1. The van der Waals surface area contributed by atoms with Crippen LogP contribution in [0.5, 0.6) is 5.75 Å². The van der Waals surface area contributed by atoms with E-state index in [-0.39, 0.29) is 18.3 Å². The number of ketones is 1. The van der Waals surface area contributed by atoms with E-state index in [1.54, 1.807) is 4.90 Å². The summed E-state index contributed by atoms with van der Waals surface area (Å²) in [5, 5.41) is 0. The van der Waals surface area contributed by atoms with Gasteiger partial charge in [0.15, 0.2) is 6.61 Å². The largest absolute Gasteiger partial charge is 0.484 e. The van der Waals surface area contributed by atoms with Crippen LogP contribution in [-0.4, -0.2) is 36.3 Å². The van der Waals surface area contributed by atoms with Crippen molar-refractivity contribution in [3.05, 3.63) is 27.8 Å². The van der Waals surface area contributed by atoms with Crippen LogP contribution < -0.4 is 4.74 Å². The van der Waals surface area contributed by atoms with Gasteiger partial charge in [0, 0.05) is 29.5 Å². The minimum atomic E-state index is -0.0543. The average molecular weight is 359 g/mol. The lowest BCUT2D eigenvalue weighted by molar-refractivity contribution is -0.136. The molecule has 0 aromatic heterocycles. The van der Waals surface area contributed by atoms with Crippen molar-refractivity contribution < 1.29 is 14.3 Å². The molecule has 1 amide bonds. The molecule has 0 N–H and O–H groups in total. The topological polar surface area (TPSA) is 46.6 Å². The molecule has 0 aliphatic carbocycles. The number of rotatable bonds is 3. The fourth-order valence-electron chi connectivity index (χ4n) is 1.80. The molecule has 1 aromatic carbocycles. The number of halogens is 1. The van der Waals surface area contributed by atoms with E-state index in [1.807, 2.05) is 24.3 Å². The highest BCUT2D eigenvalue weighted by Crippen LogP contribution is 2.15. The summed E-state index contributed by atoms with van der Waals surface area (Å²) in [6, 6.07) is 7.56. The molecular formula is C13H14INO3. The highest BCUT2D eigenvalue weighted by atomic mass is 127. The second-order valence-corrected chi connectivity index (χ2v) is 5.41. The molecule has 0 radical (unpaired) electrons. The summed E-state index contributed by atoms with van der Waals surface area (Å²) >= 11 is 2.20. The normalized spacial score (nSPS) is 15.6. The van der Waals surface area contributed by atoms with Crippen LogP contribution in [0.2, 0.25) is 0 Å². The van der Waals surface area contributed by atoms with Crippen molar-refractivity contribution in [1.29, 1.82) is 0 Å². The van der Waals surface area contributed by atoms with Gasteiger partial charge in [0.1, 0.15) is 11.5 Å². The van der Waals surface area contributed by atoms with Crippen molar-refractivity contribution in [2.24, 2.45) is 0 Å². The molecule has 1 fully saturated rings. The third-order valence-electron chi connectivity index (χ3n) is 2.83. The molecule has 1 aliphatic heterocycles. The Morgan fingerprint density at radius 2 is 2.06 bits per heavy atom. The van der Waals surface area contributed by atoms with Gasteiger partial charge in [-0.2, -0.15) is 0 Å². The van der Waals surface area contributed by atoms with Gasteiger partial charge < -0.3 is 9.64 Å². The van der Waals surface area contributed by atoms with Gasteiger partial charge in [-0.25, -0.2) is 0 Å². The van der Waals surface area contributed by atoms with Crippen LogP contribution in [0.3, 0.4) is 0 Å². The monoisotopic (exact) mass is 359 g/mol. The summed E-state index contributed by atoms with van der Waals surface area (Å²) in [5.41, 5.74) is 0. The smallest absolute Gasteiger partial charge is 0.260 e. The van der Waals surface area contributed by atoms with E-state index in [4.69, 9.17) is 4.74 Å². The van der Waals surface area contributed by atoms with Gasteiger partial charge in [-0.3, -0.25) is 9.59 Å². The maximum absolute atomic E-state index is 11.9. The fraction of sp³-hybridized carbons (Fsp3) is 0.385. The Morgan fingerprint density at radius 1 is 1.33 bits per heavy atom. The lowest BCUT2D eigenvalue weighted by Gasteiger charge is -2.25. The van der Waals surface area contributed by atoms with Crippen molar-refractivity contribution in [3.63, 3.8) is 0 Å². The number of carbonyl (C=O) groups excluding carboxylic acids is 2. The number of hydrogen-bond donors (Lipinski definition) is 0. The maximum atomic E-state index is 11.9. The summed E-state index contributed by atoms with van der Waals surface area (Å²) in [5.74, 6) is 0.877. The summed E-state index contributed by atoms with van der Waals surface area (Å²) in [6.45, 7) is 1.08. The first-order valence-corrected chi connectivity index (χ1v) is 6.91. The number of likely N-dealkylation sites (tertiary alicyclic amines) is 1. The summed E-state index contributed by atoms with van der Waals surface area (Å²) in [7, 11) is 0. The van der Waals surface area contributed by atoms with Crippen LogP contribution in [0.1, 0.15) is 12.8 Å². The molecule has 5 heteroatoms. The molecule has 0 saturated carbocycles. The standard InChI is InChI=1S/C13H14INO3/c14-10-2-1-3-12(8-10)18-9-13(17)15-6-4-11(16)5-7-15/h1-3,8H,4-7,9H2. The lowest BCUT2D eigenvalue weighted by Crippen LogP contribution is -2.41. The molecule has 0 atom stereocenters. The van der Waals surface area contributed by atoms with Crippen LogP contribution in [0.25, 0.3) is 0 Å². The van der Waals surface area contributed by atoms with Gasteiger partial charge >= 0.3 is 0 Å². The Morgan fingerprint density at radius 3 is 2.72 bits per heavy atom. The van der Waals surface area contributed by atoms with Gasteiger partial charge in [0.05, 0.1) is 0 Å². The van der Waals surface area contributed by atoms with Gasteiger partial charge in [-0.05, 0) is 40.8 Å². The van der Waals surface area contributed by atoms with Gasteiger partial charge in [-0.1, -0.05) is 6.07 Å². The second-order valence-electron chi connectivity index (χ2n) is 4.17. The van der Waals surface area contributed by atoms with Crippen LogP contribution in [0.15, 0.2) is 24.3 Å². The molecule has 18 heavy (non-hydrogen) atoms. The second kappa shape index (κ2) is 6.17. The zero-order valence-corrected chi connectivity index (χ0v) is 12.1. The highest BCUT2D eigenvalue weighted by molar-refractivity contribution is 14.1. The number of carbonyl (C=O) groups is 2. The van der Waals surface area contributed by atoms with E-state index in [0.717, 1.165) is 3.57 Å². The molecule has 0 bridgehead atoms. The quantitative estimate of drug-likeness (QED) is 0.775. The average Bonchev–Trinajstić information content (AvgIpc) is 2.37. The molecule has 96 valence electrons. The first kappa shape index (κ1) is 13.3. The fourth-order valence-corrected chi connectivity index (χ4v) is 2.31. The molecule has 1 aliphatic rings. The number of ether oxygens (including phenoxy) is 1. The van der Waals surface area contributed by atoms with Crippen LogP contribution in [0.4, 0.5) is 0 Å². The maximum Gasteiger partial charge on any atom is 0.260 e. The number of benzene rings is 1. The Balaban J connectivity index is 1.83. The predicted octanol–water partition coefficient (Wildman–Crippen LogP) is 1.86. The molecule has 4 nitrogen and oxygen atoms in total. The van der Waals surface area contributed by atoms with Gasteiger partial charge in [0.2, 0.25) is 0 Å². The minimum Gasteiger partial charge on any atom is -0.484 e. The summed E-state index contributed by atoms with van der Waals surface area (Å²) in [4.78, 5) is 24.6.